The van der Waals surface area contributed by atoms with E-state index in [9.17, 15) is 4.79 Å². The van der Waals surface area contributed by atoms with Crippen molar-refractivity contribution in [2.45, 2.75) is 39.8 Å². The normalized spacial score (nSPS) is 17.0. The number of methoxy groups -OCH3 is 2. The smallest absolute Gasteiger partial charge is 0.225 e. The summed E-state index contributed by atoms with van der Waals surface area (Å²) in [4.78, 5) is 18.6. The Morgan fingerprint density at radius 3 is 2.29 bits per heavy atom. The molecule has 3 N–H and O–H groups in total. The number of benzene rings is 1. The van der Waals surface area contributed by atoms with Crippen molar-refractivity contribution in [2.75, 3.05) is 47.4 Å². The Morgan fingerprint density at radius 1 is 1.13 bits per heavy atom. The highest BCUT2D eigenvalue weighted by molar-refractivity contribution is 14.0. The lowest BCUT2D eigenvalue weighted by Crippen LogP contribution is -2.47. The molecule has 0 bridgehead atoms. The molecule has 1 amide bonds. The van der Waals surface area contributed by atoms with Gasteiger partial charge in [-0.15, -0.1) is 24.0 Å². The van der Waals surface area contributed by atoms with Crippen molar-refractivity contribution in [3.8, 4) is 11.5 Å². The Hall–Kier alpha value is -1.75. The number of hydrogen-bond donors (Lipinski definition) is 3. The molecular formula is C22H38IN5O3. The zero-order chi connectivity index (χ0) is 22.1. The van der Waals surface area contributed by atoms with E-state index in [0.29, 0.717) is 19.1 Å². The molecule has 0 saturated carbocycles. The molecule has 9 heteroatoms. The summed E-state index contributed by atoms with van der Waals surface area (Å²) in [5.74, 6) is 2.42. The molecule has 1 saturated heterocycles. The molecule has 1 aromatic carbocycles. The zero-order valence-electron chi connectivity index (χ0n) is 19.6. The van der Waals surface area contributed by atoms with Gasteiger partial charge in [0.05, 0.1) is 14.2 Å². The van der Waals surface area contributed by atoms with E-state index in [2.05, 4.69) is 38.0 Å². The number of rotatable bonds is 8. The lowest BCUT2D eigenvalue weighted by atomic mass is 9.96. The van der Waals surface area contributed by atoms with Crippen LogP contribution >= 0.6 is 24.0 Å². The number of nitrogens with zero attached hydrogens (tertiary/aromatic N) is 2. The lowest BCUT2D eigenvalue weighted by Gasteiger charge is -2.20. The van der Waals surface area contributed by atoms with E-state index < -0.39 is 0 Å². The fraction of sp³-hybridized carbons (Fsp3) is 0.636. The summed E-state index contributed by atoms with van der Waals surface area (Å²) in [5, 5.41) is 9.69. The van der Waals surface area contributed by atoms with Gasteiger partial charge < -0.3 is 25.4 Å². The molecule has 1 aliphatic heterocycles. The van der Waals surface area contributed by atoms with Gasteiger partial charge in [-0.05, 0) is 24.1 Å². The predicted octanol–water partition coefficient (Wildman–Crippen LogP) is 2.22. The van der Waals surface area contributed by atoms with Crippen LogP contribution in [-0.4, -0.2) is 70.3 Å². The fourth-order valence-electron chi connectivity index (χ4n) is 3.32. The minimum Gasteiger partial charge on any atom is -0.497 e. The average Bonchev–Trinajstić information content (AvgIpc) is 3.15. The number of carbonyl (C=O) groups is 1. The van der Waals surface area contributed by atoms with Gasteiger partial charge in [-0.25, -0.2) is 0 Å². The van der Waals surface area contributed by atoms with E-state index in [-0.39, 0.29) is 35.3 Å². The standard InChI is InChI=1S/C22H37N5O3.HI/c1-22(2,3)20(28)24-8-9-25-21(23-4)26-17-7-10-27(15-17)14-16-11-18(29-5)13-19(12-16)30-6;/h11-13,17H,7-10,14-15H2,1-6H3,(H,24,28)(H2,23,25,26);1H. The Morgan fingerprint density at radius 2 is 1.74 bits per heavy atom. The maximum absolute atomic E-state index is 11.9. The van der Waals surface area contributed by atoms with E-state index in [1.807, 2.05) is 26.8 Å². The van der Waals surface area contributed by atoms with Gasteiger partial charge >= 0.3 is 0 Å². The monoisotopic (exact) mass is 547 g/mol. The topological polar surface area (TPSA) is 87.2 Å². The summed E-state index contributed by atoms with van der Waals surface area (Å²) in [7, 11) is 5.10. The van der Waals surface area contributed by atoms with Crippen LogP contribution in [0.15, 0.2) is 23.2 Å². The number of hydrogen-bond acceptors (Lipinski definition) is 5. The number of carbonyl (C=O) groups excluding carboxylic acids is 1. The van der Waals surface area contributed by atoms with Crippen molar-refractivity contribution in [2.24, 2.45) is 10.4 Å². The summed E-state index contributed by atoms with van der Waals surface area (Å²) in [5.41, 5.74) is 0.795. The Balaban J connectivity index is 0.00000480. The van der Waals surface area contributed by atoms with E-state index in [1.54, 1.807) is 21.3 Å². The molecule has 0 spiro atoms. The van der Waals surface area contributed by atoms with E-state index in [4.69, 9.17) is 9.47 Å². The molecule has 0 aliphatic carbocycles. The van der Waals surface area contributed by atoms with Crippen LogP contribution in [0.25, 0.3) is 0 Å². The maximum Gasteiger partial charge on any atom is 0.225 e. The first kappa shape index (κ1) is 27.3. The minimum atomic E-state index is -0.375. The first-order valence-electron chi connectivity index (χ1n) is 10.4. The number of guanidine groups is 1. The lowest BCUT2D eigenvalue weighted by molar-refractivity contribution is -0.128. The highest BCUT2D eigenvalue weighted by atomic mass is 127. The molecular weight excluding hydrogens is 509 g/mol. The number of nitrogens with one attached hydrogen (secondary N) is 3. The van der Waals surface area contributed by atoms with Gasteiger partial charge in [-0.1, -0.05) is 20.8 Å². The van der Waals surface area contributed by atoms with Crippen molar-refractivity contribution >= 4 is 35.8 Å². The fourth-order valence-corrected chi connectivity index (χ4v) is 3.32. The summed E-state index contributed by atoms with van der Waals surface area (Å²) >= 11 is 0. The van der Waals surface area contributed by atoms with Gasteiger partial charge in [0.2, 0.25) is 5.91 Å². The minimum absolute atomic E-state index is 0. The van der Waals surface area contributed by atoms with Crippen molar-refractivity contribution < 1.29 is 14.3 Å². The molecule has 1 atom stereocenters. The third-order valence-electron chi connectivity index (χ3n) is 5.04. The van der Waals surface area contributed by atoms with Crippen LogP contribution < -0.4 is 25.4 Å². The number of halogens is 1. The molecule has 31 heavy (non-hydrogen) atoms. The SMILES string of the molecule is CN=C(NCCNC(=O)C(C)(C)C)NC1CCN(Cc2cc(OC)cc(OC)c2)C1.I. The molecule has 1 fully saturated rings. The number of ether oxygens (including phenoxy) is 2. The second kappa shape index (κ2) is 12.9. The van der Waals surface area contributed by atoms with Crippen LogP contribution in [0.5, 0.6) is 11.5 Å². The van der Waals surface area contributed by atoms with Crippen molar-refractivity contribution in [1.82, 2.24) is 20.9 Å². The molecule has 1 heterocycles. The summed E-state index contributed by atoms with van der Waals surface area (Å²) in [6.45, 7) is 9.69. The predicted molar refractivity (Wildman–Crippen MR) is 136 cm³/mol. The van der Waals surface area contributed by atoms with Gasteiger partial charge in [0.1, 0.15) is 11.5 Å². The van der Waals surface area contributed by atoms with E-state index in [1.165, 1.54) is 5.56 Å². The van der Waals surface area contributed by atoms with Crippen LogP contribution in [-0.2, 0) is 11.3 Å². The van der Waals surface area contributed by atoms with Crippen LogP contribution in [0.1, 0.15) is 32.8 Å². The Labute approximate surface area is 203 Å². The second-order valence-corrected chi connectivity index (χ2v) is 8.59. The molecule has 176 valence electrons. The third kappa shape index (κ3) is 9.10. The molecule has 2 rings (SSSR count). The molecule has 0 radical (unpaired) electrons. The number of amides is 1. The number of likely N-dealkylation sites (tertiary alicyclic amines) is 1. The quantitative estimate of drug-likeness (QED) is 0.200. The van der Waals surface area contributed by atoms with E-state index in [0.717, 1.165) is 43.5 Å². The van der Waals surface area contributed by atoms with Gasteiger partial charge in [-0.2, -0.15) is 0 Å². The molecule has 1 unspecified atom stereocenters. The largest absolute Gasteiger partial charge is 0.497 e. The van der Waals surface area contributed by atoms with Gasteiger partial charge in [0, 0.05) is 57.3 Å². The first-order chi connectivity index (χ1) is 14.2. The summed E-state index contributed by atoms with van der Waals surface area (Å²) in [6, 6.07) is 6.32. The van der Waals surface area contributed by atoms with E-state index >= 15 is 0 Å². The first-order valence-corrected chi connectivity index (χ1v) is 10.4. The van der Waals surface area contributed by atoms with Crippen molar-refractivity contribution in [3.05, 3.63) is 23.8 Å². The van der Waals surface area contributed by atoms with Crippen molar-refractivity contribution in [1.29, 1.82) is 0 Å². The molecule has 8 nitrogen and oxygen atoms in total. The molecule has 0 aromatic heterocycles. The van der Waals surface area contributed by atoms with Crippen molar-refractivity contribution in [3.63, 3.8) is 0 Å². The number of aliphatic imine (C=N–C) groups is 1. The van der Waals surface area contributed by atoms with Crippen LogP contribution in [0.2, 0.25) is 0 Å². The molecule has 1 aromatic rings. The highest BCUT2D eigenvalue weighted by Crippen LogP contribution is 2.24. The Bertz CT molecular complexity index is 714. The third-order valence-corrected chi connectivity index (χ3v) is 5.04. The average molecular weight is 547 g/mol. The molecule has 1 aliphatic rings. The van der Waals surface area contributed by atoms with Crippen LogP contribution in [0, 0.1) is 5.41 Å². The Kier molecular flexibility index (Phi) is 11.4. The van der Waals surface area contributed by atoms with Gasteiger partial charge in [-0.3, -0.25) is 14.7 Å². The summed E-state index contributed by atoms with van der Waals surface area (Å²) < 4.78 is 10.7. The van der Waals surface area contributed by atoms with Gasteiger partial charge in [0.25, 0.3) is 0 Å². The maximum atomic E-state index is 11.9. The van der Waals surface area contributed by atoms with Crippen LogP contribution in [0.3, 0.4) is 0 Å². The zero-order valence-corrected chi connectivity index (χ0v) is 21.9. The van der Waals surface area contributed by atoms with Crippen LogP contribution in [0.4, 0.5) is 0 Å². The second-order valence-electron chi connectivity index (χ2n) is 8.59. The summed E-state index contributed by atoms with van der Waals surface area (Å²) in [6.07, 6.45) is 1.04. The van der Waals surface area contributed by atoms with Gasteiger partial charge in [0.15, 0.2) is 5.96 Å². The highest BCUT2D eigenvalue weighted by Gasteiger charge is 2.24.